The molecule has 0 unspecified atom stereocenters. The molecule has 0 N–H and O–H groups in total. The van der Waals surface area contributed by atoms with Crippen molar-refractivity contribution >= 4 is 0 Å². The minimum absolute atomic E-state index is 0. The molecule has 0 aromatic rings. The van der Waals surface area contributed by atoms with Gasteiger partial charge in [0.1, 0.15) is 0 Å². The molecule has 0 aliphatic heterocycles. The van der Waals surface area contributed by atoms with E-state index < -0.39 is 0 Å². The average molecular weight is 132 g/mol. The van der Waals surface area contributed by atoms with Crippen molar-refractivity contribution in [2.24, 2.45) is 0 Å². The lowest BCUT2D eigenvalue weighted by molar-refractivity contribution is 0.504. The SMILES string of the molecule is C.C.C.C1CCCCC1. The largest absolute Gasteiger partial charge is 0.0776 e. The van der Waals surface area contributed by atoms with E-state index >= 15 is 0 Å². The molecule has 0 radical (unpaired) electrons. The lowest BCUT2D eigenvalue weighted by Crippen LogP contribution is -1.85. The minimum atomic E-state index is 0. The van der Waals surface area contributed by atoms with Crippen molar-refractivity contribution in [1.82, 2.24) is 0 Å². The van der Waals surface area contributed by atoms with Crippen LogP contribution in [-0.2, 0) is 0 Å². The zero-order valence-corrected chi connectivity index (χ0v) is 4.24. The molecule has 9 heavy (non-hydrogen) atoms. The van der Waals surface area contributed by atoms with Crippen LogP contribution in [0.25, 0.3) is 0 Å². The van der Waals surface area contributed by atoms with Crippen LogP contribution in [0.3, 0.4) is 0 Å². The third-order valence-electron chi connectivity index (χ3n) is 1.50. The normalized spacial score (nSPS) is 16.0. The van der Waals surface area contributed by atoms with Gasteiger partial charge in [0.15, 0.2) is 0 Å². The topological polar surface area (TPSA) is 0 Å². The molecular weight excluding hydrogens is 108 g/mol. The Morgan fingerprint density at radius 2 is 0.444 bits per heavy atom. The van der Waals surface area contributed by atoms with Gasteiger partial charge in [-0.25, -0.2) is 0 Å². The van der Waals surface area contributed by atoms with Crippen LogP contribution in [0.1, 0.15) is 60.8 Å². The van der Waals surface area contributed by atoms with Crippen molar-refractivity contribution in [3.8, 4) is 0 Å². The summed E-state index contributed by atoms with van der Waals surface area (Å²) in [5, 5.41) is 0. The summed E-state index contributed by atoms with van der Waals surface area (Å²) in [7, 11) is 0. The first kappa shape index (κ1) is 16.0. The van der Waals surface area contributed by atoms with Gasteiger partial charge in [-0.3, -0.25) is 0 Å². The summed E-state index contributed by atoms with van der Waals surface area (Å²) < 4.78 is 0. The first-order valence-corrected chi connectivity index (χ1v) is 3.00. The van der Waals surface area contributed by atoms with Crippen LogP contribution in [0.5, 0.6) is 0 Å². The van der Waals surface area contributed by atoms with E-state index in [1.54, 1.807) is 0 Å². The summed E-state index contributed by atoms with van der Waals surface area (Å²) in [5.74, 6) is 0. The first-order chi connectivity index (χ1) is 3.00. The Balaban J connectivity index is -0.000000120. The van der Waals surface area contributed by atoms with Crippen LogP contribution in [-0.4, -0.2) is 0 Å². The van der Waals surface area contributed by atoms with Gasteiger partial charge in [0, 0.05) is 0 Å². The Morgan fingerprint density at radius 1 is 0.333 bits per heavy atom. The van der Waals surface area contributed by atoms with Crippen LogP contribution in [0, 0.1) is 0 Å². The molecular formula is C9H24. The molecule has 1 fully saturated rings. The predicted molar refractivity (Wildman–Crippen MR) is 47.9 cm³/mol. The highest BCUT2D eigenvalue weighted by Gasteiger charge is 1.95. The molecule has 0 atom stereocenters. The summed E-state index contributed by atoms with van der Waals surface area (Å²) in [6.07, 6.45) is 9.00. The fourth-order valence-corrected chi connectivity index (χ4v) is 1.06. The lowest BCUT2D eigenvalue weighted by Gasteiger charge is -2.05. The minimum Gasteiger partial charge on any atom is -0.0776 e. The van der Waals surface area contributed by atoms with Gasteiger partial charge in [0.05, 0.1) is 0 Å². The highest BCUT2D eigenvalue weighted by molar-refractivity contribution is 4.51. The monoisotopic (exact) mass is 132 g/mol. The summed E-state index contributed by atoms with van der Waals surface area (Å²) >= 11 is 0. The standard InChI is InChI=1S/C6H12.3CH4/c1-2-4-6-5-3-1;;;/h1-6H2;3*1H4. The van der Waals surface area contributed by atoms with Crippen LogP contribution < -0.4 is 0 Å². The van der Waals surface area contributed by atoms with Gasteiger partial charge in [-0.05, 0) is 0 Å². The van der Waals surface area contributed by atoms with E-state index in [2.05, 4.69) is 0 Å². The van der Waals surface area contributed by atoms with Crippen molar-refractivity contribution in [1.29, 1.82) is 0 Å². The Hall–Kier alpha value is 0. The fourth-order valence-electron chi connectivity index (χ4n) is 1.06. The van der Waals surface area contributed by atoms with Crippen molar-refractivity contribution in [2.75, 3.05) is 0 Å². The second kappa shape index (κ2) is 10.9. The average Bonchev–Trinajstić information content (AvgIpc) is 1.72. The molecule has 1 aliphatic carbocycles. The van der Waals surface area contributed by atoms with Gasteiger partial charge in [-0.1, -0.05) is 60.8 Å². The van der Waals surface area contributed by atoms with Gasteiger partial charge in [0.25, 0.3) is 0 Å². The molecule has 0 aromatic heterocycles. The van der Waals surface area contributed by atoms with E-state index in [1.165, 1.54) is 38.5 Å². The van der Waals surface area contributed by atoms with Gasteiger partial charge < -0.3 is 0 Å². The van der Waals surface area contributed by atoms with E-state index in [0.717, 1.165) is 0 Å². The van der Waals surface area contributed by atoms with Gasteiger partial charge in [0.2, 0.25) is 0 Å². The van der Waals surface area contributed by atoms with E-state index in [0.29, 0.717) is 0 Å². The smallest absolute Gasteiger partial charge is 0.0533 e. The highest BCUT2D eigenvalue weighted by atomic mass is 14.0. The fraction of sp³-hybridized carbons (Fsp3) is 1.00. The number of hydrogen-bond acceptors (Lipinski definition) is 0. The molecule has 0 aromatic carbocycles. The van der Waals surface area contributed by atoms with Crippen LogP contribution in [0.4, 0.5) is 0 Å². The quantitative estimate of drug-likeness (QED) is 0.462. The summed E-state index contributed by atoms with van der Waals surface area (Å²) in [5.41, 5.74) is 0. The van der Waals surface area contributed by atoms with Gasteiger partial charge >= 0.3 is 0 Å². The number of rotatable bonds is 0. The van der Waals surface area contributed by atoms with E-state index in [4.69, 9.17) is 0 Å². The molecule has 0 bridgehead atoms. The molecule has 0 spiro atoms. The predicted octanol–water partition coefficient (Wildman–Crippen LogP) is 4.25. The van der Waals surface area contributed by atoms with Crippen molar-refractivity contribution < 1.29 is 0 Å². The summed E-state index contributed by atoms with van der Waals surface area (Å²) in [6.45, 7) is 0. The van der Waals surface area contributed by atoms with Crippen LogP contribution >= 0.6 is 0 Å². The molecule has 0 saturated heterocycles. The lowest BCUT2D eigenvalue weighted by atomic mass is 10.0. The molecule has 0 nitrogen and oxygen atoms in total. The molecule has 1 aliphatic rings. The maximum Gasteiger partial charge on any atom is -0.0533 e. The second-order valence-corrected chi connectivity index (χ2v) is 2.12. The van der Waals surface area contributed by atoms with Crippen molar-refractivity contribution in [3.63, 3.8) is 0 Å². The maximum atomic E-state index is 1.50. The Kier molecular flexibility index (Phi) is 19.4. The zero-order valence-electron chi connectivity index (χ0n) is 4.24. The number of hydrogen-bond donors (Lipinski definition) is 0. The summed E-state index contributed by atoms with van der Waals surface area (Å²) in [6, 6.07) is 0. The molecule has 1 rings (SSSR count). The molecule has 60 valence electrons. The summed E-state index contributed by atoms with van der Waals surface area (Å²) in [4.78, 5) is 0. The van der Waals surface area contributed by atoms with E-state index in [9.17, 15) is 0 Å². The molecule has 0 heteroatoms. The van der Waals surface area contributed by atoms with Crippen molar-refractivity contribution in [3.05, 3.63) is 0 Å². The Labute approximate surface area is 61.7 Å². The Morgan fingerprint density at radius 3 is 0.556 bits per heavy atom. The van der Waals surface area contributed by atoms with E-state index in [1.807, 2.05) is 0 Å². The maximum absolute atomic E-state index is 1.50. The van der Waals surface area contributed by atoms with Crippen LogP contribution in [0.15, 0.2) is 0 Å². The zero-order chi connectivity index (χ0) is 4.24. The first-order valence-electron chi connectivity index (χ1n) is 3.00. The third-order valence-corrected chi connectivity index (χ3v) is 1.50. The highest BCUT2D eigenvalue weighted by Crippen LogP contribution is 2.15. The van der Waals surface area contributed by atoms with E-state index in [-0.39, 0.29) is 22.3 Å². The van der Waals surface area contributed by atoms with Crippen molar-refractivity contribution in [2.45, 2.75) is 60.8 Å². The molecule has 0 heterocycles. The molecule has 1 saturated carbocycles. The van der Waals surface area contributed by atoms with Crippen LogP contribution in [0.2, 0.25) is 0 Å². The molecule has 0 amide bonds. The Bertz CT molecular complexity index is 15.5. The van der Waals surface area contributed by atoms with Gasteiger partial charge in [-0.15, -0.1) is 0 Å². The second-order valence-electron chi connectivity index (χ2n) is 2.12. The third kappa shape index (κ3) is 8.00. The van der Waals surface area contributed by atoms with Gasteiger partial charge in [-0.2, -0.15) is 0 Å².